The summed E-state index contributed by atoms with van der Waals surface area (Å²) in [7, 11) is 0. The highest BCUT2D eigenvalue weighted by atomic mass is 35.5. The monoisotopic (exact) mass is 418 g/mol. The first-order valence-corrected chi connectivity index (χ1v) is 9.84. The molecule has 0 unspecified atom stereocenters. The van der Waals surface area contributed by atoms with Crippen molar-refractivity contribution >= 4 is 34.8 Å². The zero-order valence-corrected chi connectivity index (χ0v) is 17.0. The van der Waals surface area contributed by atoms with Gasteiger partial charge >= 0.3 is 0 Å². The van der Waals surface area contributed by atoms with Crippen molar-refractivity contribution in [2.45, 2.75) is 6.92 Å². The summed E-state index contributed by atoms with van der Waals surface area (Å²) in [6.45, 7) is 4.92. The first-order chi connectivity index (χ1) is 13.9. The van der Waals surface area contributed by atoms with Crippen molar-refractivity contribution in [3.63, 3.8) is 0 Å². The lowest BCUT2D eigenvalue weighted by Gasteiger charge is -2.35. The average molecular weight is 419 g/mol. The molecule has 8 heteroatoms. The summed E-state index contributed by atoms with van der Waals surface area (Å²) >= 11 is 6.04. The van der Waals surface area contributed by atoms with E-state index in [9.17, 15) is 14.0 Å². The van der Waals surface area contributed by atoms with Gasteiger partial charge in [0.15, 0.2) is 0 Å². The Morgan fingerprint density at radius 2 is 1.72 bits per heavy atom. The van der Waals surface area contributed by atoms with Gasteiger partial charge in [-0.25, -0.2) is 4.39 Å². The lowest BCUT2D eigenvalue weighted by atomic mass is 10.2. The van der Waals surface area contributed by atoms with Crippen LogP contribution in [0.1, 0.15) is 5.56 Å². The van der Waals surface area contributed by atoms with Crippen LogP contribution in [0, 0.1) is 12.7 Å². The Hall–Kier alpha value is -2.64. The maximum Gasteiger partial charge on any atom is 0.243 e. The molecule has 0 bridgehead atoms. The van der Waals surface area contributed by atoms with Gasteiger partial charge in [0, 0.05) is 42.6 Å². The molecule has 1 fully saturated rings. The topological polar surface area (TPSA) is 64.7 Å². The third-order valence-electron chi connectivity index (χ3n) is 4.92. The first-order valence-electron chi connectivity index (χ1n) is 9.47. The molecular weight excluding hydrogens is 395 g/mol. The first kappa shape index (κ1) is 21.1. The highest BCUT2D eigenvalue weighted by Gasteiger charge is 2.19. The number of carbonyl (C=O) groups excluding carboxylic acids is 2. The number of rotatable bonds is 6. The van der Waals surface area contributed by atoms with Gasteiger partial charge in [0.25, 0.3) is 0 Å². The van der Waals surface area contributed by atoms with Crippen LogP contribution in [0.3, 0.4) is 0 Å². The van der Waals surface area contributed by atoms with Crippen LogP contribution in [0.5, 0.6) is 0 Å². The fraction of sp³-hybridized carbons (Fsp3) is 0.333. The number of benzene rings is 2. The van der Waals surface area contributed by atoms with E-state index in [0.29, 0.717) is 10.7 Å². The van der Waals surface area contributed by atoms with Gasteiger partial charge in [-0.3, -0.25) is 14.5 Å². The summed E-state index contributed by atoms with van der Waals surface area (Å²) in [5.74, 6) is -0.748. The normalized spacial score (nSPS) is 14.5. The maximum absolute atomic E-state index is 13.0. The number of nitrogens with zero attached hydrogens (tertiary/aromatic N) is 2. The molecule has 1 aliphatic rings. The molecule has 1 aliphatic heterocycles. The quantitative estimate of drug-likeness (QED) is 0.757. The third kappa shape index (κ3) is 5.92. The summed E-state index contributed by atoms with van der Waals surface area (Å²) in [6.07, 6.45) is 0. The minimum atomic E-state index is -0.301. The van der Waals surface area contributed by atoms with Gasteiger partial charge in [-0.2, -0.15) is 0 Å². The van der Waals surface area contributed by atoms with Crippen molar-refractivity contribution in [3.8, 4) is 0 Å². The number of halogens is 2. The Bertz CT molecular complexity index is 867. The van der Waals surface area contributed by atoms with Gasteiger partial charge in [0.05, 0.1) is 13.1 Å². The Kier molecular flexibility index (Phi) is 7.06. The van der Waals surface area contributed by atoms with E-state index in [4.69, 9.17) is 11.6 Å². The van der Waals surface area contributed by atoms with E-state index < -0.39 is 0 Å². The van der Waals surface area contributed by atoms with Gasteiger partial charge in [-0.05, 0) is 48.9 Å². The Morgan fingerprint density at radius 3 is 2.41 bits per heavy atom. The third-order valence-corrected chi connectivity index (χ3v) is 5.33. The van der Waals surface area contributed by atoms with E-state index in [1.54, 1.807) is 30.3 Å². The van der Waals surface area contributed by atoms with Crippen molar-refractivity contribution in [1.82, 2.24) is 10.2 Å². The maximum atomic E-state index is 13.0. The minimum Gasteiger partial charge on any atom is -0.369 e. The number of hydrogen-bond donors (Lipinski definition) is 2. The lowest BCUT2D eigenvalue weighted by Crippen LogP contribution is -2.50. The molecule has 0 atom stereocenters. The van der Waals surface area contributed by atoms with Gasteiger partial charge in [-0.15, -0.1) is 0 Å². The largest absolute Gasteiger partial charge is 0.369 e. The Labute approximate surface area is 174 Å². The van der Waals surface area contributed by atoms with Crippen LogP contribution in [0.4, 0.5) is 15.8 Å². The Balaban J connectivity index is 1.39. The molecule has 0 spiro atoms. The second kappa shape index (κ2) is 9.71. The number of anilines is 2. The van der Waals surface area contributed by atoms with Gasteiger partial charge < -0.3 is 15.5 Å². The average Bonchev–Trinajstić information content (AvgIpc) is 2.71. The molecule has 29 heavy (non-hydrogen) atoms. The fourth-order valence-electron chi connectivity index (χ4n) is 3.19. The van der Waals surface area contributed by atoms with Crippen molar-refractivity contribution in [1.29, 1.82) is 0 Å². The van der Waals surface area contributed by atoms with E-state index in [-0.39, 0.29) is 30.7 Å². The van der Waals surface area contributed by atoms with E-state index in [2.05, 4.69) is 15.5 Å². The zero-order chi connectivity index (χ0) is 20.8. The molecule has 6 nitrogen and oxygen atoms in total. The van der Waals surface area contributed by atoms with Crippen LogP contribution < -0.4 is 15.5 Å². The summed E-state index contributed by atoms with van der Waals surface area (Å²) in [6, 6.07) is 11.7. The number of piperazine rings is 1. The van der Waals surface area contributed by atoms with Crippen molar-refractivity contribution in [3.05, 3.63) is 58.9 Å². The summed E-state index contributed by atoms with van der Waals surface area (Å²) in [5, 5.41) is 5.98. The molecule has 0 radical (unpaired) electrons. The highest BCUT2D eigenvalue weighted by Crippen LogP contribution is 2.22. The van der Waals surface area contributed by atoms with Crippen LogP contribution in [0.15, 0.2) is 42.5 Å². The van der Waals surface area contributed by atoms with Crippen molar-refractivity contribution in [2.75, 3.05) is 49.5 Å². The summed E-state index contributed by atoms with van der Waals surface area (Å²) in [5.41, 5.74) is 2.39. The second-order valence-corrected chi connectivity index (χ2v) is 7.38. The molecule has 3 rings (SSSR count). The molecule has 154 valence electrons. The molecule has 2 amide bonds. The van der Waals surface area contributed by atoms with Crippen LogP contribution >= 0.6 is 11.6 Å². The van der Waals surface area contributed by atoms with E-state index in [1.165, 1.54) is 12.1 Å². The van der Waals surface area contributed by atoms with Gasteiger partial charge in [-0.1, -0.05) is 17.7 Å². The molecular formula is C21H24ClFN4O2. The second-order valence-electron chi connectivity index (χ2n) is 6.98. The molecule has 2 N–H and O–H groups in total. The molecule has 0 aliphatic carbocycles. The molecule has 2 aromatic carbocycles. The SMILES string of the molecule is Cc1c(Cl)cccc1NC(=O)CNC(=O)CN1CCN(c2ccc(F)cc2)CC1. The highest BCUT2D eigenvalue weighted by molar-refractivity contribution is 6.31. The van der Waals surface area contributed by atoms with E-state index in [0.717, 1.165) is 37.4 Å². The molecule has 0 aromatic heterocycles. The van der Waals surface area contributed by atoms with Crippen molar-refractivity contribution in [2.24, 2.45) is 0 Å². The van der Waals surface area contributed by atoms with Crippen molar-refractivity contribution < 1.29 is 14.0 Å². The standard InChI is InChI=1S/C21H24ClFN4O2/c1-15-18(22)3-2-4-19(15)25-20(28)13-24-21(29)14-26-9-11-27(12-10-26)17-7-5-16(23)6-8-17/h2-8H,9-14H2,1H3,(H,24,29)(H,25,28). The zero-order valence-electron chi connectivity index (χ0n) is 16.3. The molecule has 2 aromatic rings. The number of nitrogens with one attached hydrogen (secondary N) is 2. The van der Waals surface area contributed by atoms with Gasteiger partial charge in [0.1, 0.15) is 5.82 Å². The predicted molar refractivity (Wildman–Crippen MR) is 113 cm³/mol. The molecule has 0 saturated carbocycles. The molecule has 1 heterocycles. The number of hydrogen-bond acceptors (Lipinski definition) is 4. The Morgan fingerprint density at radius 1 is 1.03 bits per heavy atom. The van der Waals surface area contributed by atoms with Crippen LogP contribution in [-0.4, -0.2) is 56.0 Å². The minimum absolute atomic E-state index is 0.0969. The fourth-order valence-corrected chi connectivity index (χ4v) is 3.37. The van der Waals surface area contributed by atoms with E-state index in [1.807, 2.05) is 11.8 Å². The molecule has 1 saturated heterocycles. The van der Waals surface area contributed by atoms with E-state index >= 15 is 0 Å². The van der Waals surface area contributed by atoms with Crippen LogP contribution in [0.25, 0.3) is 0 Å². The van der Waals surface area contributed by atoms with Gasteiger partial charge in [0.2, 0.25) is 11.8 Å². The summed E-state index contributed by atoms with van der Waals surface area (Å²) < 4.78 is 13.0. The predicted octanol–water partition coefficient (Wildman–Crippen LogP) is 2.66. The lowest BCUT2D eigenvalue weighted by molar-refractivity contribution is -0.125. The van der Waals surface area contributed by atoms with Crippen LogP contribution in [-0.2, 0) is 9.59 Å². The number of amides is 2. The summed E-state index contributed by atoms with van der Waals surface area (Å²) in [4.78, 5) is 28.4. The van der Waals surface area contributed by atoms with Crippen LogP contribution in [0.2, 0.25) is 5.02 Å². The number of carbonyl (C=O) groups is 2. The smallest absolute Gasteiger partial charge is 0.243 e.